The summed E-state index contributed by atoms with van der Waals surface area (Å²) in [7, 11) is 1.73. The molecule has 7 nitrogen and oxygen atoms in total. The van der Waals surface area contributed by atoms with Gasteiger partial charge in [-0.25, -0.2) is 9.78 Å². The first-order valence-electron chi connectivity index (χ1n) is 6.34. The van der Waals surface area contributed by atoms with Crippen LogP contribution in [-0.4, -0.2) is 34.1 Å². The van der Waals surface area contributed by atoms with Gasteiger partial charge in [-0.3, -0.25) is 10.1 Å². The lowest BCUT2D eigenvalue weighted by Gasteiger charge is -2.26. The molecule has 0 aromatic carbocycles. The molecule has 1 heterocycles. The molecule has 20 heavy (non-hydrogen) atoms. The Balaban J connectivity index is 3.16. The predicted octanol–water partition coefficient (Wildman–Crippen LogP) is 2.56. The largest absolute Gasteiger partial charge is 0.478 e. The van der Waals surface area contributed by atoms with Crippen LogP contribution in [0.5, 0.6) is 0 Å². The average molecular weight is 281 g/mol. The van der Waals surface area contributed by atoms with E-state index in [0.29, 0.717) is 5.92 Å². The molecular formula is C13H19N3O4. The highest BCUT2D eigenvalue weighted by molar-refractivity contribution is 5.88. The van der Waals surface area contributed by atoms with Crippen LogP contribution in [0.4, 0.5) is 11.5 Å². The van der Waals surface area contributed by atoms with Gasteiger partial charge in [-0.15, -0.1) is 0 Å². The van der Waals surface area contributed by atoms with E-state index in [9.17, 15) is 14.9 Å². The van der Waals surface area contributed by atoms with E-state index in [1.807, 2.05) is 6.92 Å². The van der Waals surface area contributed by atoms with E-state index in [-0.39, 0.29) is 23.1 Å². The van der Waals surface area contributed by atoms with Crippen molar-refractivity contribution in [3.8, 4) is 0 Å². The van der Waals surface area contributed by atoms with Crippen molar-refractivity contribution < 1.29 is 14.8 Å². The molecule has 0 spiro atoms. The number of anilines is 1. The Hall–Kier alpha value is -2.18. The van der Waals surface area contributed by atoms with Crippen LogP contribution in [0.2, 0.25) is 0 Å². The molecule has 0 saturated carbocycles. The van der Waals surface area contributed by atoms with Crippen molar-refractivity contribution in [1.29, 1.82) is 0 Å². The fraction of sp³-hybridized carbons (Fsp3) is 0.538. The molecule has 0 aliphatic rings. The van der Waals surface area contributed by atoms with Crippen LogP contribution in [0.15, 0.2) is 12.3 Å². The Kier molecular flexibility index (Phi) is 5.01. The van der Waals surface area contributed by atoms with Crippen LogP contribution in [0.3, 0.4) is 0 Å². The fourth-order valence-electron chi connectivity index (χ4n) is 2.02. The zero-order valence-electron chi connectivity index (χ0n) is 12.0. The van der Waals surface area contributed by atoms with E-state index >= 15 is 0 Å². The van der Waals surface area contributed by atoms with Crippen molar-refractivity contribution in [2.75, 3.05) is 11.9 Å². The summed E-state index contributed by atoms with van der Waals surface area (Å²) in [6.45, 7) is 6.09. The highest BCUT2D eigenvalue weighted by Gasteiger charge is 2.24. The number of rotatable bonds is 6. The standard InChI is InChI=1S/C13H19N3O4/c1-8(2)5-9(3)15(4)12-11(16(19)20)6-10(7-14-12)13(17)18/h6-9H,5H2,1-4H3,(H,17,18). The van der Waals surface area contributed by atoms with E-state index in [1.54, 1.807) is 11.9 Å². The number of nitro groups is 1. The second-order valence-electron chi connectivity index (χ2n) is 5.22. The van der Waals surface area contributed by atoms with Crippen LogP contribution in [-0.2, 0) is 0 Å². The van der Waals surface area contributed by atoms with Crippen molar-refractivity contribution in [3.05, 3.63) is 27.9 Å². The lowest BCUT2D eigenvalue weighted by Crippen LogP contribution is -2.31. The second kappa shape index (κ2) is 6.31. The number of aromatic nitrogens is 1. The summed E-state index contributed by atoms with van der Waals surface area (Å²) >= 11 is 0. The van der Waals surface area contributed by atoms with E-state index in [4.69, 9.17) is 5.11 Å². The molecule has 0 fully saturated rings. The smallest absolute Gasteiger partial charge is 0.337 e. The predicted molar refractivity (Wildman–Crippen MR) is 75.2 cm³/mol. The van der Waals surface area contributed by atoms with Gasteiger partial charge < -0.3 is 10.0 Å². The van der Waals surface area contributed by atoms with E-state index in [2.05, 4.69) is 18.8 Å². The summed E-state index contributed by atoms with van der Waals surface area (Å²) in [6, 6.07) is 1.11. The number of hydrogen-bond acceptors (Lipinski definition) is 5. The molecule has 0 amide bonds. The number of carbonyl (C=O) groups is 1. The molecule has 0 aliphatic carbocycles. The summed E-state index contributed by atoms with van der Waals surface area (Å²) in [6.07, 6.45) is 2.00. The van der Waals surface area contributed by atoms with E-state index < -0.39 is 10.9 Å². The van der Waals surface area contributed by atoms with Gasteiger partial charge in [0, 0.05) is 25.4 Å². The Morgan fingerprint density at radius 1 is 1.50 bits per heavy atom. The molecule has 1 unspecified atom stereocenters. The van der Waals surface area contributed by atoms with Crippen molar-refractivity contribution in [2.45, 2.75) is 33.2 Å². The van der Waals surface area contributed by atoms with Crippen LogP contribution >= 0.6 is 0 Å². The van der Waals surface area contributed by atoms with Gasteiger partial charge in [-0.1, -0.05) is 13.8 Å². The number of carboxylic acid groups (broad SMARTS) is 1. The molecule has 110 valence electrons. The quantitative estimate of drug-likeness (QED) is 0.635. The van der Waals surface area contributed by atoms with E-state index in [1.165, 1.54) is 0 Å². The summed E-state index contributed by atoms with van der Waals surface area (Å²) in [5.41, 5.74) is -0.478. The van der Waals surface area contributed by atoms with Gasteiger partial charge >= 0.3 is 11.7 Å². The third-order valence-electron chi connectivity index (χ3n) is 3.10. The van der Waals surface area contributed by atoms with Crippen molar-refractivity contribution >= 4 is 17.5 Å². The molecule has 1 atom stereocenters. The van der Waals surface area contributed by atoms with E-state index in [0.717, 1.165) is 18.7 Å². The molecular weight excluding hydrogens is 262 g/mol. The van der Waals surface area contributed by atoms with Crippen molar-refractivity contribution in [2.24, 2.45) is 5.92 Å². The maximum absolute atomic E-state index is 11.1. The van der Waals surface area contributed by atoms with Crippen molar-refractivity contribution in [1.82, 2.24) is 4.98 Å². The first kappa shape index (κ1) is 15.9. The van der Waals surface area contributed by atoms with Crippen LogP contribution < -0.4 is 4.90 Å². The summed E-state index contributed by atoms with van der Waals surface area (Å²) in [5.74, 6) is -0.594. The zero-order valence-corrected chi connectivity index (χ0v) is 12.0. The Morgan fingerprint density at radius 3 is 2.55 bits per heavy atom. The summed E-state index contributed by atoms with van der Waals surface area (Å²) in [4.78, 5) is 27.0. The normalized spacial score (nSPS) is 12.2. The molecule has 1 N–H and O–H groups in total. The Morgan fingerprint density at radius 2 is 2.10 bits per heavy atom. The Bertz CT molecular complexity index is 516. The third kappa shape index (κ3) is 3.66. The van der Waals surface area contributed by atoms with Gasteiger partial charge in [0.2, 0.25) is 5.82 Å². The monoisotopic (exact) mass is 281 g/mol. The summed E-state index contributed by atoms with van der Waals surface area (Å²) < 4.78 is 0. The van der Waals surface area contributed by atoms with Gasteiger partial charge in [-0.2, -0.15) is 0 Å². The lowest BCUT2D eigenvalue weighted by molar-refractivity contribution is -0.384. The molecule has 0 aliphatic heterocycles. The molecule has 0 radical (unpaired) electrons. The van der Waals surface area contributed by atoms with Gasteiger partial charge in [0.05, 0.1) is 10.5 Å². The molecule has 1 aromatic heterocycles. The second-order valence-corrected chi connectivity index (χ2v) is 5.22. The lowest BCUT2D eigenvalue weighted by atomic mass is 10.0. The first-order chi connectivity index (χ1) is 9.23. The molecule has 1 aromatic rings. The van der Waals surface area contributed by atoms with Gasteiger partial charge in [-0.05, 0) is 19.3 Å². The molecule has 0 saturated heterocycles. The fourth-order valence-corrected chi connectivity index (χ4v) is 2.02. The average Bonchev–Trinajstić information content (AvgIpc) is 2.36. The Labute approximate surface area is 117 Å². The minimum atomic E-state index is -1.23. The molecule has 0 bridgehead atoms. The first-order valence-corrected chi connectivity index (χ1v) is 6.34. The summed E-state index contributed by atoms with van der Waals surface area (Å²) in [5, 5.41) is 20.0. The highest BCUT2D eigenvalue weighted by Crippen LogP contribution is 2.28. The van der Waals surface area contributed by atoms with Crippen LogP contribution in [0.1, 0.15) is 37.6 Å². The zero-order chi connectivity index (χ0) is 15.4. The van der Waals surface area contributed by atoms with Crippen LogP contribution in [0.25, 0.3) is 0 Å². The number of pyridine rings is 1. The maximum Gasteiger partial charge on any atom is 0.337 e. The third-order valence-corrected chi connectivity index (χ3v) is 3.10. The minimum absolute atomic E-state index is 0.0666. The number of carboxylic acids is 1. The topological polar surface area (TPSA) is 96.6 Å². The highest BCUT2D eigenvalue weighted by atomic mass is 16.6. The number of aromatic carboxylic acids is 1. The maximum atomic E-state index is 11.1. The number of hydrogen-bond donors (Lipinski definition) is 1. The van der Waals surface area contributed by atoms with Crippen molar-refractivity contribution in [3.63, 3.8) is 0 Å². The van der Waals surface area contributed by atoms with Gasteiger partial charge in [0.25, 0.3) is 0 Å². The van der Waals surface area contributed by atoms with Gasteiger partial charge in [0.1, 0.15) is 0 Å². The number of nitrogens with zero attached hydrogens (tertiary/aromatic N) is 3. The van der Waals surface area contributed by atoms with Gasteiger partial charge in [0.15, 0.2) is 0 Å². The molecule has 1 rings (SSSR count). The van der Waals surface area contributed by atoms with Crippen LogP contribution in [0, 0.1) is 16.0 Å². The minimum Gasteiger partial charge on any atom is -0.478 e. The SMILES string of the molecule is CC(C)CC(C)N(C)c1ncc(C(=O)O)cc1[N+](=O)[O-]. The molecule has 7 heteroatoms.